The Labute approximate surface area is 156 Å². The van der Waals surface area contributed by atoms with E-state index in [2.05, 4.69) is 32.4 Å². The highest BCUT2D eigenvalue weighted by Crippen LogP contribution is 2.25. The van der Waals surface area contributed by atoms with E-state index in [1.54, 1.807) is 30.2 Å². The molecule has 0 spiro atoms. The number of nitrogens with zero attached hydrogens (tertiary/aromatic N) is 2. The topological polar surface area (TPSA) is 73.2 Å². The Morgan fingerprint density at radius 3 is 2.96 bits per heavy atom. The van der Waals surface area contributed by atoms with Crippen molar-refractivity contribution in [3.05, 3.63) is 49.0 Å². The van der Waals surface area contributed by atoms with E-state index in [4.69, 9.17) is 4.74 Å². The van der Waals surface area contributed by atoms with Crippen LogP contribution in [0.4, 0.5) is 0 Å². The van der Waals surface area contributed by atoms with E-state index in [0.717, 1.165) is 15.3 Å². The maximum atomic E-state index is 12.1. The molecule has 1 amide bonds. The van der Waals surface area contributed by atoms with E-state index in [9.17, 15) is 9.59 Å². The van der Waals surface area contributed by atoms with Gasteiger partial charge in [-0.1, -0.05) is 0 Å². The standard InChI is InChI=1S/C15H18BrN3O3S2/c1-22-8-7-19-14(20)5-3-12(18-19)15(21)17-6-9-23-10-11-2-4-13(16)24-11/h2-5H,6-10H2,1H3,(H,17,21). The molecule has 2 rings (SSSR count). The molecule has 0 saturated carbocycles. The van der Waals surface area contributed by atoms with Crippen molar-refractivity contribution in [2.24, 2.45) is 0 Å². The van der Waals surface area contributed by atoms with Gasteiger partial charge in [0.2, 0.25) is 0 Å². The number of thiophene rings is 1. The lowest BCUT2D eigenvalue weighted by Crippen LogP contribution is -2.31. The van der Waals surface area contributed by atoms with Gasteiger partial charge in [-0.2, -0.15) is 16.9 Å². The van der Waals surface area contributed by atoms with Gasteiger partial charge in [0.05, 0.1) is 16.9 Å². The van der Waals surface area contributed by atoms with Gasteiger partial charge in [-0.15, -0.1) is 11.3 Å². The minimum Gasteiger partial charge on any atom is -0.383 e. The third-order valence-corrected chi connectivity index (χ3v) is 5.83. The molecule has 6 nitrogen and oxygen atoms in total. The van der Waals surface area contributed by atoms with E-state index in [1.165, 1.54) is 21.7 Å². The summed E-state index contributed by atoms with van der Waals surface area (Å²) in [5, 5.41) is 6.88. The zero-order chi connectivity index (χ0) is 17.4. The molecule has 24 heavy (non-hydrogen) atoms. The number of rotatable bonds is 9. The van der Waals surface area contributed by atoms with Gasteiger partial charge in [0, 0.05) is 36.1 Å². The Morgan fingerprint density at radius 2 is 2.25 bits per heavy atom. The van der Waals surface area contributed by atoms with Gasteiger partial charge >= 0.3 is 0 Å². The number of amides is 1. The Hall–Kier alpha value is -1.16. The smallest absolute Gasteiger partial charge is 0.271 e. The zero-order valence-corrected chi connectivity index (χ0v) is 16.4. The second kappa shape index (κ2) is 9.97. The summed E-state index contributed by atoms with van der Waals surface area (Å²) in [6, 6.07) is 6.91. The number of carbonyl (C=O) groups is 1. The minimum absolute atomic E-state index is 0.234. The quantitative estimate of drug-likeness (QED) is 0.616. The number of methoxy groups -OCH3 is 1. The molecule has 0 unspecified atom stereocenters. The Bertz CT molecular complexity index is 733. The first-order valence-electron chi connectivity index (χ1n) is 7.27. The van der Waals surface area contributed by atoms with Gasteiger partial charge in [0.25, 0.3) is 11.5 Å². The van der Waals surface area contributed by atoms with Crippen LogP contribution in [-0.4, -0.2) is 41.7 Å². The van der Waals surface area contributed by atoms with Crippen LogP contribution >= 0.6 is 39.0 Å². The highest BCUT2D eigenvalue weighted by Gasteiger charge is 2.09. The molecule has 0 aliphatic heterocycles. The normalized spacial score (nSPS) is 10.8. The molecule has 0 atom stereocenters. The van der Waals surface area contributed by atoms with Gasteiger partial charge in [0.1, 0.15) is 5.69 Å². The van der Waals surface area contributed by atoms with Gasteiger partial charge in [0.15, 0.2) is 0 Å². The van der Waals surface area contributed by atoms with Crippen molar-refractivity contribution in [1.82, 2.24) is 15.1 Å². The van der Waals surface area contributed by atoms with Crippen molar-refractivity contribution in [1.29, 1.82) is 0 Å². The van der Waals surface area contributed by atoms with Crippen molar-refractivity contribution >= 4 is 44.9 Å². The maximum absolute atomic E-state index is 12.1. The van der Waals surface area contributed by atoms with Crippen LogP contribution in [0.5, 0.6) is 0 Å². The van der Waals surface area contributed by atoms with Crippen LogP contribution in [0.3, 0.4) is 0 Å². The Kier molecular flexibility index (Phi) is 7.97. The van der Waals surface area contributed by atoms with Gasteiger partial charge < -0.3 is 10.1 Å². The summed E-state index contributed by atoms with van der Waals surface area (Å²) in [7, 11) is 1.55. The fourth-order valence-corrected chi connectivity index (χ4v) is 4.29. The van der Waals surface area contributed by atoms with Gasteiger partial charge in [-0.25, -0.2) is 4.68 Å². The summed E-state index contributed by atoms with van der Waals surface area (Å²) < 4.78 is 7.29. The third-order valence-electron chi connectivity index (χ3n) is 3.01. The predicted molar refractivity (Wildman–Crippen MR) is 101 cm³/mol. The maximum Gasteiger partial charge on any atom is 0.271 e. The second-order valence-electron chi connectivity index (χ2n) is 4.79. The summed E-state index contributed by atoms with van der Waals surface area (Å²) in [5.74, 6) is 1.46. The van der Waals surface area contributed by atoms with Crippen LogP contribution in [0.2, 0.25) is 0 Å². The first kappa shape index (κ1) is 19.2. The molecule has 9 heteroatoms. The third kappa shape index (κ3) is 6.04. The highest BCUT2D eigenvalue weighted by molar-refractivity contribution is 9.11. The van der Waals surface area contributed by atoms with Crippen LogP contribution in [0.15, 0.2) is 32.8 Å². The number of ether oxygens (including phenoxy) is 1. The van der Waals surface area contributed by atoms with Crippen molar-refractivity contribution in [2.75, 3.05) is 26.0 Å². The molecule has 0 saturated heterocycles. The Morgan fingerprint density at radius 1 is 1.42 bits per heavy atom. The molecular weight excluding hydrogens is 414 g/mol. The first-order valence-corrected chi connectivity index (χ1v) is 10.0. The first-order chi connectivity index (χ1) is 11.6. The van der Waals surface area contributed by atoms with E-state index in [1.807, 2.05) is 6.07 Å². The molecular formula is C15H18BrN3O3S2. The van der Waals surface area contributed by atoms with Crippen LogP contribution in [0.25, 0.3) is 0 Å². The zero-order valence-electron chi connectivity index (χ0n) is 13.2. The molecule has 0 aromatic carbocycles. The monoisotopic (exact) mass is 431 g/mol. The lowest BCUT2D eigenvalue weighted by atomic mass is 10.3. The lowest BCUT2D eigenvalue weighted by molar-refractivity contribution is 0.0947. The van der Waals surface area contributed by atoms with Crippen LogP contribution in [0.1, 0.15) is 15.4 Å². The number of carbonyl (C=O) groups excluding carboxylic acids is 1. The largest absolute Gasteiger partial charge is 0.383 e. The van der Waals surface area contributed by atoms with Crippen molar-refractivity contribution < 1.29 is 9.53 Å². The van der Waals surface area contributed by atoms with Crippen molar-refractivity contribution in [3.63, 3.8) is 0 Å². The molecule has 0 aliphatic rings. The summed E-state index contributed by atoms with van der Waals surface area (Å²) in [6.45, 7) is 1.24. The molecule has 0 aliphatic carbocycles. The molecule has 2 aromatic rings. The number of thioether (sulfide) groups is 1. The van der Waals surface area contributed by atoms with E-state index in [0.29, 0.717) is 19.7 Å². The average molecular weight is 432 g/mol. The molecule has 1 N–H and O–H groups in total. The van der Waals surface area contributed by atoms with Crippen molar-refractivity contribution in [2.45, 2.75) is 12.3 Å². The minimum atomic E-state index is -0.277. The second-order valence-corrected chi connectivity index (χ2v) is 8.44. The van der Waals surface area contributed by atoms with Crippen LogP contribution < -0.4 is 10.9 Å². The molecule has 0 fully saturated rings. The molecule has 2 heterocycles. The lowest BCUT2D eigenvalue weighted by Gasteiger charge is -2.07. The number of nitrogens with one attached hydrogen (secondary N) is 1. The molecule has 0 bridgehead atoms. The molecule has 0 radical (unpaired) electrons. The predicted octanol–water partition coefficient (Wildman–Crippen LogP) is 2.38. The van der Waals surface area contributed by atoms with Crippen LogP contribution in [0, 0.1) is 0 Å². The summed E-state index contributed by atoms with van der Waals surface area (Å²) >= 11 is 6.91. The average Bonchev–Trinajstić information content (AvgIpc) is 2.99. The van der Waals surface area contributed by atoms with E-state index in [-0.39, 0.29) is 17.2 Å². The fourth-order valence-electron chi connectivity index (χ4n) is 1.84. The number of hydrogen-bond donors (Lipinski definition) is 1. The summed E-state index contributed by atoms with van der Waals surface area (Å²) in [6.07, 6.45) is 0. The molecule has 2 aromatic heterocycles. The van der Waals surface area contributed by atoms with Crippen LogP contribution in [-0.2, 0) is 17.0 Å². The van der Waals surface area contributed by atoms with E-state index >= 15 is 0 Å². The SMILES string of the molecule is COCCn1nc(C(=O)NCCSCc2ccc(Br)s2)ccc1=O. The van der Waals surface area contributed by atoms with Crippen molar-refractivity contribution in [3.8, 4) is 0 Å². The number of halogens is 1. The molecule has 130 valence electrons. The number of hydrogen-bond acceptors (Lipinski definition) is 6. The number of aromatic nitrogens is 2. The van der Waals surface area contributed by atoms with Gasteiger partial charge in [-0.05, 0) is 34.1 Å². The fraction of sp³-hybridized carbons (Fsp3) is 0.400. The summed E-state index contributed by atoms with van der Waals surface area (Å²) in [5.41, 5.74) is -0.0147. The van der Waals surface area contributed by atoms with Gasteiger partial charge in [-0.3, -0.25) is 9.59 Å². The highest BCUT2D eigenvalue weighted by atomic mass is 79.9. The Balaban J connectivity index is 1.76. The summed E-state index contributed by atoms with van der Waals surface area (Å²) in [4.78, 5) is 25.0. The van der Waals surface area contributed by atoms with E-state index < -0.39 is 0 Å².